The van der Waals surface area contributed by atoms with Gasteiger partial charge in [0.1, 0.15) is 0 Å². The second-order valence-corrected chi connectivity index (χ2v) is 0.455. The van der Waals surface area contributed by atoms with Crippen LogP contribution in [0.25, 0.3) is 0 Å². The quantitative estimate of drug-likeness (QED) is 0.143. The van der Waals surface area contributed by atoms with Gasteiger partial charge < -0.3 is 11.5 Å². The Bertz CT molecular complexity index is 26.3. The Kier molecular flexibility index (Phi) is 0.581. The molecular formula is CH5N3. The van der Waals surface area contributed by atoms with Gasteiger partial charge in [0.25, 0.3) is 0 Å². The molecule has 0 unspecified atom stereocenters. The summed E-state index contributed by atoms with van der Waals surface area (Å²) in [6.45, 7) is 0. The molecule has 0 aliphatic heterocycles. The number of nitrogens with two attached hydrogens (primary N) is 2. The summed E-state index contributed by atoms with van der Waals surface area (Å²) >= 11 is 0. The number of rotatable bonds is 0. The molecule has 5 N–H and O–H groups in total. The Labute approximate surface area is 24.1 Å². The summed E-state index contributed by atoms with van der Waals surface area (Å²) in [5, 5.41) is 6.06. The van der Waals surface area contributed by atoms with E-state index in [4.69, 9.17) is 5.41 Å². The van der Waals surface area contributed by atoms with Gasteiger partial charge in [-0.05, 0) is 0 Å². The molecule has 0 spiro atoms. The molecule has 0 aromatic heterocycles. The van der Waals surface area contributed by atoms with E-state index >= 15 is 0 Å². The summed E-state index contributed by atoms with van der Waals surface area (Å²) < 4.78 is 0. The molecule has 24 valence electrons. The van der Waals surface area contributed by atoms with Crippen LogP contribution in [0.4, 0.5) is 0 Å². The fraction of sp³-hybridized carbons (Fsp3) is 0. The lowest BCUT2D eigenvalue weighted by Gasteiger charge is -1.69. The zero-order chi connectivity index (χ0) is 3.58. The topological polar surface area (TPSA) is 75.9 Å². The van der Waals surface area contributed by atoms with Crippen LogP contribution in [0.2, 0.25) is 0 Å². The Morgan fingerprint density at radius 2 is 1.50 bits per heavy atom. The predicted molar refractivity (Wildman–Crippen MR) is 16.1 cm³/mol. The zero-order valence-electron chi connectivity index (χ0n) is 2.15. The highest BCUT2D eigenvalue weighted by Gasteiger charge is 1.52. The van der Waals surface area contributed by atoms with E-state index in [0.717, 1.165) is 0 Å². The third-order valence-electron chi connectivity index (χ3n) is 0. The second-order valence-electron chi connectivity index (χ2n) is 0.455. The molecule has 0 aliphatic rings. The second kappa shape index (κ2) is 0.711. The Morgan fingerprint density at radius 3 is 1.50 bits per heavy atom. The summed E-state index contributed by atoms with van der Waals surface area (Å²) in [5.74, 6) is -0.333. The summed E-state index contributed by atoms with van der Waals surface area (Å²) in [7, 11) is 0. The highest BCUT2D eigenvalue weighted by molar-refractivity contribution is 5.71. The summed E-state index contributed by atoms with van der Waals surface area (Å²) in [6.07, 6.45) is 0. The van der Waals surface area contributed by atoms with Crippen molar-refractivity contribution >= 4 is 5.96 Å². The average molecular weight is 63.0 g/mol. The van der Waals surface area contributed by atoms with E-state index in [1.807, 2.05) is 0 Å². The van der Waals surface area contributed by atoms with Gasteiger partial charge in [0.15, 0.2) is 5.96 Å². The molecule has 4 heavy (non-hydrogen) atoms. The molecule has 0 aromatic rings. The molecular weight excluding hydrogens is 58.0 g/mol. The van der Waals surface area contributed by atoms with Gasteiger partial charge in [-0.25, -0.2) is 0 Å². The monoisotopic (exact) mass is 63.0 g/mol. The minimum Gasteiger partial charge on any atom is -0.370 e. The van der Waals surface area contributed by atoms with E-state index in [0.29, 0.717) is 0 Å². The van der Waals surface area contributed by atoms with Gasteiger partial charge in [0.2, 0.25) is 0 Å². The number of guanidine groups is 1. The smallest absolute Gasteiger partial charge is 0.183 e. The van der Waals surface area contributed by atoms with Crippen molar-refractivity contribution in [2.75, 3.05) is 0 Å². The van der Waals surface area contributed by atoms with E-state index in [1.165, 1.54) is 0 Å². The summed E-state index contributed by atoms with van der Waals surface area (Å²) in [4.78, 5) is 0. The third-order valence-corrected chi connectivity index (χ3v) is 0. The van der Waals surface area contributed by atoms with Crippen LogP contribution in [-0.2, 0) is 0 Å². The van der Waals surface area contributed by atoms with Gasteiger partial charge in [-0.2, -0.15) is 0 Å². The fourth-order valence-corrected chi connectivity index (χ4v) is 0. The SMILES string of the molecule is [15NH]=[13C]([15NH2])[15NH2]. The normalized spacial score (nSPS) is 6.00. The van der Waals surface area contributed by atoms with Crippen molar-refractivity contribution in [1.82, 2.24) is 0 Å². The number of nitrogens with one attached hydrogen (secondary N) is 1. The summed E-state index contributed by atoms with van der Waals surface area (Å²) in [6, 6.07) is 0. The van der Waals surface area contributed by atoms with Crippen LogP contribution < -0.4 is 11.5 Å². The Hall–Kier alpha value is -0.730. The van der Waals surface area contributed by atoms with Crippen LogP contribution in [0.5, 0.6) is 0 Å². The lowest BCUT2D eigenvalue weighted by Crippen LogP contribution is -2.20. The molecule has 0 fully saturated rings. The molecule has 0 radical (unpaired) electrons. The molecule has 3 nitrogen and oxygen atoms in total. The minimum atomic E-state index is -0.333. The van der Waals surface area contributed by atoms with Crippen LogP contribution in [0.15, 0.2) is 0 Å². The maximum atomic E-state index is 6.06. The highest BCUT2D eigenvalue weighted by Crippen LogP contribution is 1.13. The average Bonchev–Trinajstić information content (AvgIpc) is 0.811. The van der Waals surface area contributed by atoms with Gasteiger partial charge in [0, 0.05) is 0 Å². The molecule has 0 aliphatic carbocycles. The molecule has 3 heteroatoms. The fourth-order valence-electron chi connectivity index (χ4n) is 0. The van der Waals surface area contributed by atoms with Gasteiger partial charge in [0.05, 0.1) is 0 Å². The first-order valence-electron chi connectivity index (χ1n) is 0.827. The first-order chi connectivity index (χ1) is 1.73. The third kappa shape index (κ3) is 0.174. The first kappa shape index (κ1) is 3.27. The van der Waals surface area contributed by atoms with Gasteiger partial charge in [-0.3, -0.25) is 5.41 Å². The van der Waals surface area contributed by atoms with Crippen molar-refractivity contribution in [1.29, 1.82) is 5.41 Å². The maximum absolute atomic E-state index is 6.06. The predicted octanol–water partition coefficient (Wildman–Crippen LogP) is -1.16. The van der Waals surface area contributed by atoms with Crippen LogP contribution in [0.3, 0.4) is 0 Å². The molecule has 0 saturated heterocycles. The lowest BCUT2D eigenvalue weighted by atomic mass is 12.1. The van der Waals surface area contributed by atoms with Crippen LogP contribution in [0.1, 0.15) is 0 Å². The molecule has 0 bridgehead atoms. The van der Waals surface area contributed by atoms with Crippen LogP contribution in [0, 0.1) is 5.41 Å². The van der Waals surface area contributed by atoms with Crippen LogP contribution in [-0.4, -0.2) is 5.96 Å². The van der Waals surface area contributed by atoms with E-state index in [-0.39, 0.29) is 5.96 Å². The van der Waals surface area contributed by atoms with Gasteiger partial charge in [-0.1, -0.05) is 0 Å². The van der Waals surface area contributed by atoms with Crippen molar-refractivity contribution in [2.45, 2.75) is 0 Å². The minimum absolute atomic E-state index is 0.333. The van der Waals surface area contributed by atoms with Crippen LogP contribution >= 0.6 is 0 Å². The van der Waals surface area contributed by atoms with E-state index in [2.05, 4.69) is 11.5 Å². The van der Waals surface area contributed by atoms with Gasteiger partial charge in [-0.15, -0.1) is 0 Å². The van der Waals surface area contributed by atoms with Crippen molar-refractivity contribution in [3.05, 3.63) is 0 Å². The van der Waals surface area contributed by atoms with E-state index in [9.17, 15) is 0 Å². The van der Waals surface area contributed by atoms with E-state index < -0.39 is 0 Å². The van der Waals surface area contributed by atoms with Crippen molar-refractivity contribution in [3.8, 4) is 0 Å². The summed E-state index contributed by atoms with van der Waals surface area (Å²) in [5.41, 5.74) is 8.94. The number of hydrogen-bond donors (Lipinski definition) is 3. The molecule has 0 rings (SSSR count). The standard InChI is InChI=1S/CH5N3/c2-1(3)4/h(H5,2,3,4)/i1+1,2+1,3+1,4+1. The highest BCUT2D eigenvalue weighted by atomic mass is 15.9. The Morgan fingerprint density at radius 1 is 1.50 bits per heavy atom. The maximum Gasteiger partial charge on any atom is 0.183 e. The van der Waals surface area contributed by atoms with Crippen molar-refractivity contribution in [3.63, 3.8) is 0 Å². The first-order valence-corrected chi connectivity index (χ1v) is 0.827. The number of hydrogen-bond acceptors (Lipinski definition) is 1. The molecule has 0 saturated carbocycles. The zero-order valence-corrected chi connectivity index (χ0v) is 2.15. The molecule has 0 aromatic carbocycles. The molecule has 0 amide bonds. The van der Waals surface area contributed by atoms with Gasteiger partial charge >= 0.3 is 0 Å². The van der Waals surface area contributed by atoms with E-state index in [1.54, 1.807) is 0 Å². The molecule has 0 heterocycles. The van der Waals surface area contributed by atoms with Crippen molar-refractivity contribution in [2.24, 2.45) is 11.5 Å². The lowest BCUT2D eigenvalue weighted by molar-refractivity contribution is 1.39. The largest absolute Gasteiger partial charge is 0.370 e. The molecule has 0 atom stereocenters. The van der Waals surface area contributed by atoms with Crippen molar-refractivity contribution < 1.29 is 0 Å². The Balaban J connectivity index is 2.80.